The molecule has 1 aliphatic carbocycles. The number of hydrogen-bond donors (Lipinski definition) is 2. The third kappa shape index (κ3) is 2.95. The van der Waals surface area contributed by atoms with E-state index in [2.05, 4.69) is 6.92 Å². The molecule has 0 aromatic rings. The second-order valence-corrected chi connectivity index (χ2v) is 6.75. The van der Waals surface area contributed by atoms with Crippen molar-refractivity contribution in [1.29, 1.82) is 0 Å². The fourth-order valence-electron chi connectivity index (χ4n) is 3.47. The summed E-state index contributed by atoms with van der Waals surface area (Å²) in [6.07, 6.45) is 4.51. The van der Waals surface area contributed by atoms with Crippen LogP contribution in [-0.2, 0) is 4.79 Å². The Morgan fingerprint density at radius 3 is 2.47 bits per heavy atom. The van der Waals surface area contributed by atoms with Crippen molar-refractivity contribution >= 4 is 5.91 Å². The molecule has 2 rings (SSSR count). The topological polar surface area (TPSA) is 66.6 Å². The van der Waals surface area contributed by atoms with Gasteiger partial charge in [-0.1, -0.05) is 13.8 Å². The molecule has 4 heteroatoms. The molecule has 0 bridgehead atoms. The number of rotatable bonds is 2. The maximum atomic E-state index is 12.8. The van der Waals surface area contributed by atoms with Gasteiger partial charge in [-0.05, 0) is 43.9 Å². The fourth-order valence-corrected chi connectivity index (χ4v) is 3.47. The number of amides is 1. The Labute approximate surface area is 116 Å². The molecule has 19 heavy (non-hydrogen) atoms. The summed E-state index contributed by atoms with van der Waals surface area (Å²) in [7, 11) is 0. The Morgan fingerprint density at radius 2 is 1.95 bits per heavy atom. The van der Waals surface area contributed by atoms with Gasteiger partial charge >= 0.3 is 0 Å². The van der Waals surface area contributed by atoms with E-state index in [1.165, 1.54) is 0 Å². The third-order valence-electron chi connectivity index (χ3n) is 5.22. The first-order valence-electron chi connectivity index (χ1n) is 7.66. The van der Waals surface area contributed by atoms with Gasteiger partial charge in [-0.2, -0.15) is 0 Å². The zero-order valence-electron chi connectivity index (χ0n) is 12.3. The van der Waals surface area contributed by atoms with Crippen LogP contribution in [0.15, 0.2) is 0 Å². The van der Waals surface area contributed by atoms with Crippen LogP contribution in [0.3, 0.4) is 0 Å². The van der Waals surface area contributed by atoms with Crippen LogP contribution in [-0.4, -0.2) is 41.7 Å². The average Bonchev–Trinajstić information content (AvgIpc) is 2.42. The average molecular weight is 268 g/mol. The maximum Gasteiger partial charge on any atom is 0.230 e. The summed E-state index contributed by atoms with van der Waals surface area (Å²) in [4.78, 5) is 14.8. The highest BCUT2D eigenvalue weighted by Crippen LogP contribution is 2.40. The largest absolute Gasteiger partial charge is 0.393 e. The SMILES string of the molecule is CC1CCC(CN)(C(=O)N2CCC(O)C(C)C2)CC1. The van der Waals surface area contributed by atoms with Crippen LogP contribution in [0, 0.1) is 17.3 Å². The first-order chi connectivity index (χ1) is 8.98. The first-order valence-corrected chi connectivity index (χ1v) is 7.66. The van der Waals surface area contributed by atoms with E-state index in [4.69, 9.17) is 5.73 Å². The van der Waals surface area contributed by atoms with Crippen LogP contribution in [0.1, 0.15) is 46.0 Å². The Balaban J connectivity index is 2.04. The molecule has 1 saturated carbocycles. The van der Waals surface area contributed by atoms with Crippen molar-refractivity contribution < 1.29 is 9.90 Å². The lowest BCUT2D eigenvalue weighted by atomic mass is 9.69. The van der Waals surface area contributed by atoms with Crippen LogP contribution >= 0.6 is 0 Å². The van der Waals surface area contributed by atoms with Gasteiger partial charge in [-0.15, -0.1) is 0 Å². The highest BCUT2D eigenvalue weighted by atomic mass is 16.3. The number of carbonyl (C=O) groups excluding carboxylic acids is 1. The van der Waals surface area contributed by atoms with Gasteiger partial charge in [0.15, 0.2) is 0 Å². The standard InChI is InChI=1S/C15H28N2O2/c1-11-3-6-15(10-16,7-4-11)14(19)17-8-5-13(18)12(2)9-17/h11-13,18H,3-10,16H2,1-2H3. The number of nitrogens with zero attached hydrogens (tertiary/aromatic N) is 1. The molecule has 0 aromatic heterocycles. The zero-order chi connectivity index (χ0) is 14.0. The van der Waals surface area contributed by atoms with Crippen molar-refractivity contribution in [3.8, 4) is 0 Å². The minimum Gasteiger partial charge on any atom is -0.393 e. The van der Waals surface area contributed by atoms with Crippen molar-refractivity contribution in [2.75, 3.05) is 19.6 Å². The monoisotopic (exact) mass is 268 g/mol. The lowest BCUT2D eigenvalue weighted by molar-refractivity contribution is -0.147. The number of piperidine rings is 1. The molecular formula is C15H28N2O2. The van der Waals surface area contributed by atoms with E-state index in [0.29, 0.717) is 26.1 Å². The predicted molar refractivity (Wildman–Crippen MR) is 75.5 cm³/mol. The van der Waals surface area contributed by atoms with Crippen molar-refractivity contribution in [3.05, 3.63) is 0 Å². The van der Waals surface area contributed by atoms with Crippen LogP contribution in [0.25, 0.3) is 0 Å². The zero-order valence-corrected chi connectivity index (χ0v) is 12.3. The van der Waals surface area contributed by atoms with Gasteiger partial charge in [0, 0.05) is 19.6 Å². The van der Waals surface area contributed by atoms with Gasteiger partial charge in [-0.3, -0.25) is 4.79 Å². The molecule has 3 N–H and O–H groups in total. The molecule has 1 aliphatic heterocycles. The van der Waals surface area contributed by atoms with Crippen molar-refractivity contribution in [1.82, 2.24) is 4.90 Å². The molecule has 0 radical (unpaired) electrons. The molecule has 0 spiro atoms. The van der Waals surface area contributed by atoms with Crippen molar-refractivity contribution in [3.63, 3.8) is 0 Å². The lowest BCUT2D eigenvalue weighted by Crippen LogP contribution is -2.54. The van der Waals surface area contributed by atoms with Gasteiger partial charge < -0.3 is 15.7 Å². The van der Waals surface area contributed by atoms with Gasteiger partial charge in [-0.25, -0.2) is 0 Å². The maximum absolute atomic E-state index is 12.8. The highest BCUT2D eigenvalue weighted by molar-refractivity contribution is 5.83. The van der Waals surface area contributed by atoms with Crippen LogP contribution in [0.2, 0.25) is 0 Å². The Kier molecular flexibility index (Phi) is 4.51. The van der Waals surface area contributed by atoms with Gasteiger partial charge in [0.1, 0.15) is 0 Å². The minimum atomic E-state index is -0.325. The third-order valence-corrected chi connectivity index (χ3v) is 5.22. The van der Waals surface area contributed by atoms with E-state index in [9.17, 15) is 9.90 Å². The summed E-state index contributed by atoms with van der Waals surface area (Å²) in [5, 5.41) is 9.78. The summed E-state index contributed by atoms with van der Waals surface area (Å²) in [5.41, 5.74) is 5.63. The van der Waals surface area contributed by atoms with E-state index in [1.54, 1.807) is 0 Å². The molecule has 4 nitrogen and oxygen atoms in total. The normalized spacial score (nSPS) is 40.2. The number of hydrogen-bond acceptors (Lipinski definition) is 3. The molecule has 1 saturated heterocycles. The van der Waals surface area contributed by atoms with Gasteiger partial charge in [0.2, 0.25) is 5.91 Å². The summed E-state index contributed by atoms with van der Waals surface area (Å²) in [6.45, 7) is 6.09. The predicted octanol–water partition coefficient (Wildman–Crippen LogP) is 1.37. The summed E-state index contributed by atoms with van der Waals surface area (Å²) < 4.78 is 0. The summed E-state index contributed by atoms with van der Waals surface area (Å²) in [6, 6.07) is 0. The van der Waals surface area contributed by atoms with Gasteiger partial charge in [0.25, 0.3) is 0 Å². The van der Waals surface area contributed by atoms with E-state index >= 15 is 0 Å². The second kappa shape index (κ2) is 5.80. The minimum absolute atomic E-state index is 0.176. The molecule has 2 unspecified atom stereocenters. The molecule has 2 aliphatic rings. The summed E-state index contributed by atoms with van der Waals surface area (Å²) in [5.74, 6) is 1.13. The van der Waals surface area contributed by atoms with Crippen LogP contribution < -0.4 is 5.73 Å². The Hall–Kier alpha value is -0.610. The molecule has 2 atom stereocenters. The number of carbonyl (C=O) groups is 1. The smallest absolute Gasteiger partial charge is 0.230 e. The summed E-state index contributed by atoms with van der Waals surface area (Å²) >= 11 is 0. The molecule has 2 fully saturated rings. The Bertz CT molecular complexity index is 324. The van der Waals surface area contributed by atoms with E-state index in [0.717, 1.165) is 31.6 Å². The van der Waals surface area contributed by atoms with Crippen molar-refractivity contribution in [2.24, 2.45) is 23.0 Å². The lowest BCUT2D eigenvalue weighted by Gasteiger charge is -2.43. The second-order valence-electron chi connectivity index (χ2n) is 6.75. The van der Waals surface area contributed by atoms with Crippen molar-refractivity contribution in [2.45, 2.75) is 52.1 Å². The molecular weight excluding hydrogens is 240 g/mol. The quantitative estimate of drug-likeness (QED) is 0.795. The van der Waals surface area contributed by atoms with Crippen LogP contribution in [0.5, 0.6) is 0 Å². The number of aliphatic hydroxyl groups excluding tert-OH is 1. The number of aliphatic hydroxyl groups is 1. The Morgan fingerprint density at radius 1 is 1.32 bits per heavy atom. The first kappa shape index (κ1) is 14.8. The van der Waals surface area contributed by atoms with E-state index in [1.807, 2.05) is 11.8 Å². The molecule has 1 heterocycles. The number of likely N-dealkylation sites (tertiary alicyclic amines) is 1. The van der Waals surface area contributed by atoms with E-state index < -0.39 is 0 Å². The van der Waals surface area contributed by atoms with Crippen LogP contribution in [0.4, 0.5) is 0 Å². The fraction of sp³-hybridized carbons (Fsp3) is 0.933. The van der Waals surface area contributed by atoms with E-state index in [-0.39, 0.29) is 23.3 Å². The highest BCUT2D eigenvalue weighted by Gasteiger charge is 2.43. The molecule has 110 valence electrons. The number of nitrogens with two attached hydrogens (primary N) is 1. The molecule has 0 aromatic carbocycles. The van der Waals surface area contributed by atoms with Gasteiger partial charge in [0.05, 0.1) is 11.5 Å². The molecule has 1 amide bonds.